The first-order valence-corrected chi connectivity index (χ1v) is 5.27. The summed E-state index contributed by atoms with van der Waals surface area (Å²) in [6, 6.07) is 10.1. The van der Waals surface area contributed by atoms with Crippen molar-refractivity contribution in [2.24, 2.45) is 5.73 Å². The Morgan fingerprint density at radius 2 is 2.13 bits per heavy atom. The number of thiocarbonyl (C=S) groups is 1. The summed E-state index contributed by atoms with van der Waals surface area (Å²) in [4.78, 5) is 0. The number of benzene rings is 1. The van der Waals surface area contributed by atoms with Crippen LogP contribution in [0.25, 0.3) is 0 Å². The third-order valence-corrected chi connectivity index (χ3v) is 2.30. The Morgan fingerprint density at radius 3 is 2.73 bits per heavy atom. The van der Waals surface area contributed by atoms with Gasteiger partial charge in [0.05, 0.1) is 0 Å². The van der Waals surface area contributed by atoms with Crippen LogP contribution < -0.4 is 11.1 Å². The Labute approximate surface area is 95.6 Å². The molecule has 0 aliphatic rings. The molecule has 1 rings (SSSR count). The van der Waals surface area contributed by atoms with Gasteiger partial charge in [-0.25, -0.2) is 0 Å². The Kier molecular flexibility index (Phi) is 5.07. The smallest absolute Gasteiger partial charge is 0.256 e. The van der Waals surface area contributed by atoms with E-state index in [1.165, 1.54) is 5.56 Å². The maximum Gasteiger partial charge on any atom is 0.256 e. The predicted molar refractivity (Wildman–Crippen MR) is 65.7 cm³/mol. The summed E-state index contributed by atoms with van der Waals surface area (Å²) < 4.78 is 5.22. The molecule has 0 bridgehead atoms. The van der Waals surface area contributed by atoms with Gasteiger partial charge in [0, 0.05) is 13.1 Å². The number of rotatable bonds is 4. The van der Waals surface area contributed by atoms with Crippen LogP contribution in [0.1, 0.15) is 5.56 Å². The number of nitrogens with one attached hydrogen (secondary N) is 1. The van der Waals surface area contributed by atoms with E-state index >= 15 is 0 Å². The van der Waals surface area contributed by atoms with E-state index in [0.29, 0.717) is 11.8 Å². The largest absolute Gasteiger partial charge is 0.469 e. The molecule has 4 heteroatoms. The normalized spacial score (nSPS) is 11.9. The summed E-state index contributed by atoms with van der Waals surface area (Å²) in [6.45, 7) is 0.439. The number of nitrogens with two attached hydrogens (primary N) is 1. The van der Waals surface area contributed by atoms with E-state index in [0.717, 1.165) is 6.42 Å². The minimum atomic E-state index is -0.0290. The highest BCUT2D eigenvalue weighted by Crippen LogP contribution is 2.01. The van der Waals surface area contributed by atoms with E-state index in [1.54, 1.807) is 7.05 Å². The lowest BCUT2D eigenvalue weighted by atomic mass is 10.1. The minimum absolute atomic E-state index is 0.0290. The van der Waals surface area contributed by atoms with Crippen molar-refractivity contribution in [3.8, 4) is 0 Å². The fourth-order valence-corrected chi connectivity index (χ4v) is 1.30. The standard InChI is InChI=1S/C11H16N2OS/c1-13-11(15)14-8-10(12)7-9-5-3-2-4-6-9/h2-6,10H,7-8,12H2,1H3,(H,13,15). The van der Waals surface area contributed by atoms with Crippen molar-refractivity contribution in [1.82, 2.24) is 5.32 Å². The molecule has 82 valence electrons. The van der Waals surface area contributed by atoms with E-state index < -0.39 is 0 Å². The van der Waals surface area contributed by atoms with Crippen LogP contribution >= 0.6 is 12.2 Å². The third kappa shape index (κ3) is 4.76. The van der Waals surface area contributed by atoms with Gasteiger partial charge in [0.1, 0.15) is 6.61 Å². The Bertz CT molecular complexity index is 303. The van der Waals surface area contributed by atoms with Crippen molar-refractivity contribution in [3.05, 3.63) is 35.9 Å². The van der Waals surface area contributed by atoms with Crippen LogP contribution in [-0.4, -0.2) is 24.9 Å². The van der Waals surface area contributed by atoms with E-state index in [-0.39, 0.29) is 6.04 Å². The lowest BCUT2D eigenvalue weighted by molar-refractivity contribution is 0.272. The van der Waals surface area contributed by atoms with Crippen LogP contribution in [0, 0.1) is 0 Å². The SMILES string of the molecule is CNC(=S)OCC(N)Cc1ccccc1. The summed E-state index contributed by atoms with van der Waals surface area (Å²) in [5.41, 5.74) is 7.11. The van der Waals surface area contributed by atoms with Crippen molar-refractivity contribution in [3.63, 3.8) is 0 Å². The van der Waals surface area contributed by atoms with Gasteiger partial charge in [0.15, 0.2) is 0 Å². The van der Waals surface area contributed by atoms with Gasteiger partial charge in [0.25, 0.3) is 5.17 Å². The second kappa shape index (κ2) is 6.37. The molecular formula is C11H16N2OS. The molecule has 0 saturated heterocycles. The highest BCUT2D eigenvalue weighted by molar-refractivity contribution is 7.80. The average molecular weight is 224 g/mol. The molecule has 0 aromatic heterocycles. The second-order valence-corrected chi connectivity index (χ2v) is 3.67. The van der Waals surface area contributed by atoms with Crippen molar-refractivity contribution >= 4 is 17.4 Å². The molecule has 15 heavy (non-hydrogen) atoms. The zero-order valence-corrected chi connectivity index (χ0v) is 9.59. The Morgan fingerprint density at radius 1 is 1.47 bits per heavy atom. The van der Waals surface area contributed by atoms with Gasteiger partial charge in [-0.3, -0.25) is 0 Å². The van der Waals surface area contributed by atoms with Crippen LogP contribution in [0.15, 0.2) is 30.3 Å². The van der Waals surface area contributed by atoms with Gasteiger partial charge >= 0.3 is 0 Å². The molecule has 3 nitrogen and oxygen atoms in total. The van der Waals surface area contributed by atoms with Gasteiger partial charge in [-0.15, -0.1) is 0 Å². The summed E-state index contributed by atoms with van der Waals surface area (Å²) in [6.07, 6.45) is 0.799. The third-order valence-electron chi connectivity index (χ3n) is 1.97. The van der Waals surface area contributed by atoms with Crippen molar-refractivity contribution in [1.29, 1.82) is 0 Å². The Balaban J connectivity index is 2.30. The molecule has 1 unspecified atom stereocenters. The van der Waals surface area contributed by atoms with E-state index in [2.05, 4.69) is 17.4 Å². The van der Waals surface area contributed by atoms with Crippen molar-refractivity contribution in [2.75, 3.05) is 13.7 Å². The van der Waals surface area contributed by atoms with Crippen molar-refractivity contribution < 1.29 is 4.74 Å². The zero-order chi connectivity index (χ0) is 11.1. The van der Waals surface area contributed by atoms with Gasteiger partial charge < -0.3 is 15.8 Å². The second-order valence-electron chi connectivity index (χ2n) is 3.30. The number of hydrogen-bond acceptors (Lipinski definition) is 3. The lowest BCUT2D eigenvalue weighted by Crippen LogP contribution is -2.32. The summed E-state index contributed by atoms with van der Waals surface area (Å²) in [5, 5.41) is 3.13. The Hall–Kier alpha value is -1.13. The first-order chi connectivity index (χ1) is 7.22. The van der Waals surface area contributed by atoms with E-state index in [4.69, 9.17) is 22.7 Å². The molecule has 0 radical (unpaired) electrons. The molecule has 0 saturated carbocycles. The fraction of sp³-hybridized carbons (Fsp3) is 0.364. The molecule has 3 N–H and O–H groups in total. The fourth-order valence-electron chi connectivity index (χ4n) is 1.23. The molecule has 0 fully saturated rings. The van der Waals surface area contributed by atoms with E-state index in [1.807, 2.05) is 18.2 Å². The van der Waals surface area contributed by atoms with Crippen LogP contribution in [0.2, 0.25) is 0 Å². The van der Waals surface area contributed by atoms with Crippen LogP contribution in [0.4, 0.5) is 0 Å². The van der Waals surface area contributed by atoms with Gasteiger partial charge in [-0.2, -0.15) is 0 Å². The highest BCUT2D eigenvalue weighted by Gasteiger charge is 2.05. The molecule has 1 aromatic carbocycles. The molecule has 0 aliphatic heterocycles. The van der Waals surface area contributed by atoms with Crippen LogP contribution in [-0.2, 0) is 11.2 Å². The van der Waals surface area contributed by atoms with Crippen molar-refractivity contribution in [2.45, 2.75) is 12.5 Å². The summed E-state index contributed by atoms with van der Waals surface area (Å²) in [7, 11) is 1.73. The zero-order valence-electron chi connectivity index (χ0n) is 8.77. The van der Waals surface area contributed by atoms with Crippen LogP contribution in [0.3, 0.4) is 0 Å². The monoisotopic (exact) mass is 224 g/mol. The molecule has 0 heterocycles. The van der Waals surface area contributed by atoms with Gasteiger partial charge in [-0.1, -0.05) is 30.3 Å². The van der Waals surface area contributed by atoms with E-state index in [9.17, 15) is 0 Å². The lowest BCUT2D eigenvalue weighted by Gasteiger charge is -2.13. The molecular weight excluding hydrogens is 208 g/mol. The molecule has 1 atom stereocenters. The number of hydrogen-bond donors (Lipinski definition) is 2. The first kappa shape index (κ1) is 11.9. The van der Waals surface area contributed by atoms with Crippen LogP contribution in [0.5, 0.6) is 0 Å². The predicted octanol–water partition coefficient (Wildman–Crippen LogP) is 1.08. The maximum atomic E-state index is 5.90. The molecule has 1 aromatic rings. The molecule has 0 spiro atoms. The summed E-state index contributed by atoms with van der Waals surface area (Å²) in [5.74, 6) is 0. The quantitative estimate of drug-likeness (QED) is 0.751. The van der Waals surface area contributed by atoms with Gasteiger partial charge in [0.2, 0.25) is 0 Å². The van der Waals surface area contributed by atoms with Gasteiger partial charge in [-0.05, 0) is 24.2 Å². The minimum Gasteiger partial charge on any atom is -0.469 e. The summed E-state index contributed by atoms with van der Waals surface area (Å²) >= 11 is 4.85. The average Bonchev–Trinajstić information content (AvgIpc) is 2.27. The maximum absolute atomic E-state index is 5.90. The molecule has 0 amide bonds. The topological polar surface area (TPSA) is 47.3 Å². The molecule has 0 aliphatic carbocycles. The number of ether oxygens (including phenoxy) is 1. The first-order valence-electron chi connectivity index (χ1n) is 4.86. The highest BCUT2D eigenvalue weighted by atomic mass is 32.1.